The Labute approximate surface area is 117 Å². The van der Waals surface area contributed by atoms with E-state index < -0.39 is 0 Å². The molecule has 0 aromatic carbocycles. The molecule has 0 spiro atoms. The van der Waals surface area contributed by atoms with E-state index in [0.29, 0.717) is 6.04 Å². The second-order valence-electron chi connectivity index (χ2n) is 4.75. The largest absolute Gasteiger partial charge is 0.308 e. The molecule has 0 aliphatic rings. The summed E-state index contributed by atoms with van der Waals surface area (Å²) in [6.07, 6.45) is 1.10. The van der Waals surface area contributed by atoms with E-state index in [-0.39, 0.29) is 0 Å². The van der Waals surface area contributed by atoms with Crippen molar-refractivity contribution in [2.24, 2.45) is 0 Å². The first-order valence-electron chi connectivity index (χ1n) is 6.26. The van der Waals surface area contributed by atoms with Gasteiger partial charge in [-0.25, -0.2) is 4.98 Å². The lowest BCUT2D eigenvalue weighted by molar-refractivity contribution is 0.547. The zero-order valence-electron chi connectivity index (χ0n) is 11.4. The van der Waals surface area contributed by atoms with E-state index in [0.717, 1.165) is 13.0 Å². The van der Waals surface area contributed by atoms with Crippen molar-refractivity contribution in [3.05, 3.63) is 37.5 Å². The SMILES string of the molecule is Cc1ccc(CC(C)NCc2nc(C)c(C)s2)s1. The molecule has 0 amide bonds. The van der Waals surface area contributed by atoms with Crippen molar-refractivity contribution in [1.82, 2.24) is 10.3 Å². The van der Waals surface area contributed by atoms with Gasteiger partial charge in [0.25, 0.3) is 0 Å². The van der Waals surface area contributed by atoms with Gasteiger partial charge in [-0.2, -0.15) is 0 Å². The standard InChI is InChI=1S/C14H20N2S2/c1-9(7-13-6-5-10(2)17-13)15-8-14-16-11(3)12(4)18-14/h5-6,9,15H,7-8H2,1-4H3. The third kappa shape index (κ3) is 3.64. The summed E-state index contributed by atoms with van der Waals surface area (Å²) >= 11 is 3.69. The third-order valence-corrected chi connectivity index (χ3v) is 5.07. The van der Waals surface area contributed by atoms with E-state index in [1.807, 2.05) is 11.3 Å². The molecule has 0 fully saturated rings. The highest BCUT2D eigenvalue weighted by Gasteiger charge is 2.07. The first-order chi connectivity index (χ1) is 8.54. The van der Waals surface area contributed by atoms with Gasteiger partial charge in [0.1, 0.15) is 5.01 Å². The Morgan fingerprint density at radius 3 is 2.56 bits per heavy atom. The summed E-state index contributed by atoms with van der Waals surface area (Å²) < 4.78 is 0. The average molecular weight is 280 g/mol. The molecule has 0 saturated heterocycles. The van der Waals surface area contributed by atoms with Crippen LogP contribution in [0, 0.1) is 20.8 Å². The van der Waals surface area contributed by atoms with E-state index in [2.05, 4.69) is 50.1 Å². The number of aryl methyl sites for hydroxylation is 3. The summed E-state index contributed by atoms with van der Waals surface area (Å²) in [5.41, 5.74) is 1.17. The van der Waals surface area contributed by atoms with E-state index in [9.17, 15) is 0 Å². The lowest BCUT2D eigenvalue weighted by atomic mass is 10.2. The van der Waals surface area contributed by atoms with Gasteiger partial charge >= 0.3 is 0 Å². The molecule has 1 atom stereocenters. The number of rotatable bonds is 5. The van der Waals surface area contributed by atoms with Crippen molar-refractivity contribution < 1.29 is 0 Å². The summed E-state index contributed by atoms with van der Waals surface area (Å²) in [5, 5.41) is 4.75. The van der Waals surface area contributed by atoms with Crippen LogP contribution in [0.15, 0.2) is 12.1 Å². The smallest absolute Gasteiger partial charge is 0.107 e. The lowest BCUT2D eigenvalue weighted by Gasteiger charge is -2.11. The fourth-order valence-electron chi connectivity index (χ4n) is 1.85. The van der Waals surface area contributed by atoms with Crippen LogP contribution in [0.25, 0.3) is 0 Å². The van der Waals surface area contributed by atoms with Crippen LogP contribution in [0.3, 0.4) is 0 Å². The maximum atomic E-state index is 4.55. The first kappa shape index (κ1) is 13.7. The van der Waals surface area contributed by atoms with Crippen molar-refractivity contribution in [2.75, 3.05) is 0 Å². The molecule has 0 saturated carbocycles. The molecule has 1 N–H and O–H groups in total. The molecular formula is C14H20N2S2. The summed E-state index contributed by atoms with van der Waals surface area (Å²) in [6.45, 7) is 9.49. The Morgan fingerprint density at radius 2 is 2.00 bits per heavy atom. The molecule has 0 radical (unpaired) electrons. The van der Waals surface area contributed by atoms with Gasteiger partial charge in [-0.05, 0) is 46.2 Å². The zero-order valence-corrected chi connectivity index (χ0v) is 13.0. The minimum absolute atomic E-state index is 0.493. The molecule has 2 aromatic heterocycles. The minimum atomic E-state index is 0.493. The molecule has 4 heteroatoms. The fourth-order valence-corrected chi connectivity index (χ4v) is 3.75. The predicted molar refractivity (Wildman–Crippen MR) is 80.6 cm³/mol. The number of hydrogen-bond acceptors (Lipinski definition) is 4. The quantitative estimate of drug-likeness (QED) is 0.900. The highest BCUT2D eigenvalue weighted by Crippen LogP contribution is 2.18. The minimum Gasteiger partial charge on any atom is -0.308 e. The van der Waals surface area contributed by atoms with E-state index >= 15 is 0 Å². The number of nitrogens with one attached hydrogen (secondary N) is 1. The zero-order chi connectivity index (χ0) is 13.1. The first-order valence-corrected chi connectivity index (χ1v) is 7.89. The van der Waals surface area contributed by atoms with Gasteiger partial charge in [-0.1, -0.05) is 0 Å². The van der Waals surface area contributed by atoms with Gasteiger partial charge < -0.3 is 5.32 Å². The van der Waals surface area contributed by atoms with Gasteiger partial charge in [0.15, 0.2) is 0 Å². The molecule has 0 aliphatic heterocycles. The van der Waals surface area contributed by atoms with Crippen LogP contribution in [0.1, 0.15) is 32.3 Å². The number of thiophene rings is 1. The van der Waals surface area contributed by atoms with Crippen molar-refractivity contribution >= 4 is 22.7 Å². The predicted octanol–water partition coefficient (Wildman–Crippen LogP) is 3.85. The monoisotopic (exact) mass is 280 g/mol. The van der Waals surface area contributed by atoms with Crippen molar-refractivity contribution in [2.45, 2.75) is 46.7 Å². The number of nitrogens with zero attached hydrogens (tertiary/aromatic N) is 1. The van der Waals surface area contributed by atoms with Crippen molar-refractivity contribution in [3.63, 3.8) is 0 Å². The van der Waals surface area contributed by atoms with Crippen LogP contribution in [-0.4, -0.2) is 11.0 Å². The molecule has 2 aromatic rings. The number of hydrogen-bond donors (Lipinski definition) is 1. The average Bonchev–Trinajstić information content (AvgIpc) is 2.84. The normalized spacial score (nSPS) is 12.9. The van der Waals surface area contributed by atoms with Gasteiger partial charge in [-0.15, -0.1) is 22.7 Å². The molecule has 0 aliphatic carbocycles. The van der Waals surface area contributed by atoms with Crippen LogP contribution in [0.5, 0.6) is 0 Å². The van der Waals surface area contributed by atoms with Crippen LogP contribution in [-0.2, 0) is 13.0 Å². The Hall–Kier alpha value is -0.710. The van der Waals surface area contributed by atoms with E-state index in [1.54, 1.807) is 11.3 Å². The van der Waals surface area contributed by atoms with Crippen LogP contribution in [0.2, 0.25) is 0 Å². The molecule has 0 bridgehead atoms. The third-order valence-electron chi connectivity index (χ3n) is 2.98. The Bertz CT molecular complexity index is 494. The summed E-state index contributed by atoms with van der Waals surface area (Å²) in [5.74, 6) is 0. The summed E-state index contributed by atoms with van der Waals surface area (Å²) in [4.78, 5) is 8.73. The Morgan fingerprint density at radius 1 is 1.22 bits per heavy atom. The Balaban J connectivity index is 1.83. The topological polar surface area (TPSA) is 24.9 Å². The second kappa shape index (κ2) is 5.95. The summed E-state index contributed by atoms with van der Waals surface area (Å²) in [6, 6.07) is 4.92. The van der Waals surface area contributed by atoms with Crippen molar-refractivity contribution in [1.29, 1.82) is 0 Å². The summed E-state index contributed by atoms with van der Waals surface area (Å²) in [7, 11) is 0. The van der Waals surface area contributed by atoms with Gasteiger partial charge in [-0.3, -0.25) is 0 Å². The van der Waals surface area contributed by atoms with Crippen LogP contribution >= 0.6 is 22.7 Å². The van der Waals surface area contributed by atoms with Crippen molar-refractivity contribution in [3.8, 4) is 0 Å². The molecule has 2 heterocycles. The highest BCUT2D eigenvalue weighted by molar-refractivity contribution is 7.12. The molecule has 2 rings (SSSR count). The van der Waals surface area contributed by atoms with Gasteiger partial charge in [0, 0.05) is 27.2 Å². The fraction of sp³-hybridized carbons (Fsp3) is 0.500. The number of aromatic nitrogens is 1. The van der Waals surface area contributed by atoms with Crippen LogP contribution < -0.4 is 5.32 Å². The molecule has 18 heavy (non-hydrogen) atoms. The lowest BCUT2D eigenvalue weighted by Crippen LogP contribution is -2.27. The molecular weight excluding hydrogens is 260 g/mol. The maximum Gasteiger partial charge on any atom is 0.107 e. The molecule has 2 nitrogen and oxygen atoms in total. The van der Waals surface area contributed by atoms with Gasteiger partial charge in [0.2, 0.25) is 0 Å². The van der Waals surface area contributed by atoms with E-state index in [4.69, 9.17) is 0 Å². The maximum absolute atomic E-state index is 4.55. The highest BCUT2D eigenvalue weighted by atomic mass is 32.1. The molecule has 98 valence electrons. The van der Waals surface area contributed by atoms with E-state index in [1.165, 1.54) is 25.3 Å². The number of thiazole rings is 1. The molecule has 1 unspecified atom stereocenters. The Kier molecular flexibility index (Phi) is 4.54. The van der Waals surface area contributed by atoms with Crippen LogP contribution in [0.4, 0.5) is 0 Å². The van der Waals surface area contributed by atoms with Gasteiger partial charge in [0.05, 0.1) is 5.69 Å². The second-order valence-corrected chi connectivity index (χ2v) is 7.41.